The Morgan fingerprint density at radius 1 is 1.16 bits per heavy atom. The molecule has 0 spiro atoms. The van der Waals surface area contributed by atoms with Crippen molar-refractivity contribution >= 4 is 5.91 Å². The number of halogens is 1. The molecule has 6 heteroatoms. The average Bonchev–Trinajstić information content (AvgIpc) is 3.32. The Morgan fingerprint density at radius 3 is 2.68 bits per heavy atom. The maximum absolute atomic E-state index is 12.9. The molecular formula is C19H16FN3O2. The Hall–Kier alpha value is -3.02. The van der Waals surface area contributed by atoms with Crippen molar-refractivity contribution in [1.29, 1.82) is 0 Å². The molecule has 1 N–H and O–H groups in total. The van der Waals surface area contributed by atoms with Crippen molar-refractivity contribution in [2.24, 2.45) is 5.92 Å². The van der Waals surface area contributed by atoms with E-state index in [0.29, 0.717) is 23.2 Å². The van der Waals surface area contributed by atoms with Crippen LogP contribution >= 0.6 is 0 Å². The third kappa shape index (κ3) is 3.42. The number of carbonyl (C=O) groups is 1. The van der Waals surface area contributed by atoms with E-state index in [2.05, 4.69) is 15.5 Å². The van der Waals surface area contributed by atoms with Crippen LogP contribution in [-0.4, -0.2) is 16.0 Å². The molecule has 0 aliphatic heterocycles. The molecule has 5 nitrogen and oxygen atoms in total. The molecule has 0 radical (unpaired) electrons. The van der Waals surface area contributed by atoms with Gasteiger partial charge in [0.05, 0.1) is 6.54 Å². The van der Waals surface area contributed by atoms with Gasteiger partial charge in [-0.2, -0.15) is 4.98 Å². The highest BCUT2D eigenvalue weighted by Crippen LogP contribution is 2.47. The summed E-state index contributed by atoms with van der Waals surface area (Å²) in [5.41, 5.74) is 1.85. The van der Waals surface area contributed by atoms with Crippen LogP contribution in [0.15, 0.2) is 59.1 Å². The minimum atomic E-state index is -0.322. The summed E-state index contributed by atoms with van der Waals surface area (Å²) in [5.74, 6) is 0.662. The van der Waals surface area contributed by atoms with Crippen molar-refractivity contribution in [2.45, 2.75) is 18.9 Å². The molecule has 2 aromatic carbocycles. The van der Waals surface area contributed by atoms with Crippen LogP contribution in [0.25, 0.3) is 11.4 Å². The molecule has 1 aromatic heterocycles. The van der Waals surface area contributed by atoms with Gasteiger partial charge in [-0.25, -0.2) is 4.39 Å². The molecule has 1 aliphatic carbocycles. The van der Waals surface area contributed by atoms with Crippen molar-refractivity contribution in [3.63, 3.8) is 0 Å². The van der Waals surface area contributed by atoms with E-state index in [0.717, 1.165) is 6.42 Å². The molecule has 126 valence electrons. The van der Waals surface area contributed by atoms with Gasteiger partial charge < -0.3 is 9.84 Å². The normalized spacial score (nSPS) is 18.8. The molecule has 4 rings (SSSR count). The van der Waals surface area contributed by atoms with Gasteiger partial charge in [0, 0.05) is 11.5 Å². The average molecular weight is 337 g/mol. The summed E-state index contributed by atoms with van der Waals surface area (Å²) in [5, 5.41) is 6.70. The van der Waals surface area contributed by atoms with Gasteiger partial charge in [-0.3, -0.25) is 4.79 Å². The van der Waals surface area contributed by atoms with Crippen LogP contribution < -0.4 is 5.32 Å². The molecule has 0 bridgehead atoms. The fourth-order valence-corrected chi connectivity index (χ4v) is 2.89. The number of carbonyl (C=O) groups excluding carboxylic acids is 1. The van der Waals surface area contributed by atoms with Gasteiger partial charge in [-0.15, -0.1) is 0 Å². The zero-order valence-corrected chi connectivity index (χ0v) is 13.4. The Morgan fingerprint density at radius 2 is 1.92 bits per heavy atom. The van der Waals surface area contributed by atoms with Crippen LogP contribution in [0.5, 0.6) is 0 Å². The second-order valence-electron chi connectivity index (χ2n) is 6.10. The number of hydrogen-bond donors (Lipinski definition) is 1. The first-order chi connectivity index (χ1) is 12.2. The van der Waals surface area contributed by atoms with Gasteiger partial charge in [0.2, 0.25) is 17.6 Å². The first-order valence-corrected chi connectivity index (χ1v) is 8.12. The summed E-state index contributed by atoms with van der Waals surface area (Å²) < 4.78 is 18.1. The fourth-order valence-electron chi connectivity index (χ4n) is 2.89. The largest absolute Gasteiger partial charge is 0.347 e. The summed E-state index contributed by atoms with van der Waals surface area (Å²) in [4.78, 5) is 16.5. The number of aromatic nitrogens is 2. The van der Waals surface area contributed by atoms with Crippen LogP contribution in [0, 0.1) is 11.7 Å². The monoisotopic (exact) mass is 337 g/mol. The highest BCUT2D eigenvalue weighted by Gasteiger charge is 2.43. The van der Waals surface area contributed by atoms with Crippen LogP contribution in [0.3, 0.4) is 0 Å². The second kappa shape index (κ2) is 6.47. The lowest BCUT2D eigenvalue weighted by molar-refractivity contribution is -0.122. The molecule has 1 fully saturated rings. The molecule has 1 aliphatic rings. The van der Waals surface area contributed by atoms with E-state index in [4.69, 9.17) is 4.52 Å². The number of rotatable bonds is 5. The van der Waals surface area contributed by atoms with E-state index >= 15 is 0 Å². The summed E-state index contributed by atoms with van der Waals surface area (Å²) in [6.07, 6.45) is 0.862. The number of nitrogens with zero attached hydrogens (tertiary/aromatic N) is 2. The van der Waals surface area contributed by atoms with E-state index < -0.39 is 0 Å². The van der Waals surface area contributed by atoms with Crippen LogP contribution in [-0.2, 0) is 11.3 Å². The molecule has 0 saturated heterocycles. The van der Waals surface area contributed by atoms with Gasteiger partial charge in [-0.1, -0.05) is 35.5 Å². The number of hydrogen-bond acceptors (Lipinski definition) is 4. The minimum Gasteiger partial charge on any atom is -0.347 e. The molecule has 1 saturated carbocycles. The molecule has 25 heavy (non-hydrogen) atoms. The lowest BCUT2D eigenvalue weighted by Crippen LogP contribution is -2.25. The van der Waals surface area contributed by atoms with Crippen molar-refractivity contribution in [1.82, 2.24) is 15.5 Å². The van der Waals surface area contributed by atoms with Gasteiger partial charge in [0.25, 0.3) is 0 Å². The smallest absolute Gasteiger partial charge is 0.246 e. The zero-order valence-electron chi connectivity index (χ0n) is 13.4. The Bertz CT molecular complexity index is 877. The van der Waals surface area contributed by atoms with Crippen molar-refractivity contribution in [3.8, 4) is 11.4 Å². The van der Waals surface area contributed by atoms with Gasteiger partial charge in [0.15, 0.2) is 0 Å². The summed E-state index contributed by atoms with van der Waals surface area (Å²) in [7, 11) is 0. The fraction of sp³-hybridized carbons (Fsp3) is 0.211. The van der Waals surface area contributed by atoms with E-state index in [-0.39, 0.29) is 24.2 Å². The van der Waals surface area contributed by atoms with Gasteiger partial charge in [0.1, 0.15) is 5.82 Å². The van der Waals surface area contributed by atoms with E-state index in [1.807, 2.05) is 30.3 Å². The van der Waals surface area contributed by atoms with E-state index in [1.165, 1.54) is 17.7 Å². The van der Waals surface area contributed by atoms with Crippen molar-refractivity contribution < 1.29 is 13.7 Å². The topological polar surface area (TPSA) is 68.0 Å². The standard InChI is InChI=1S/C19H16FN3O2/c20-14-8-6-13(7-9-14)18-22-17(25-23-18)11-21-19(24)16-10-15(16)12-4-2-1-3-5-12/h1-9,15-16H,10-11H2,(H,21,24). The molecule has 3 aromatic rings. The van der Waals surface area contributed by atoms with Gasteiger partial charge >= 0.3 is 0 Å². The third-order valence-corrected chi connectivity index (χ3v) is 4.34. The summed E-state index contributed by atoms with van der Waals surface area (Å²) >= 11 is 0. The van der Waals surface area contributed by atoms with E-state index in [1.54, 1.807) is 12.1 Å². The molecule has 1 amide bonds. The highest BCUT2D eigenvalue weighted by atomic mass is 19.1. The maximum Gasteiger partial charge on any atom is 0.246 e. The van der Waals surface area contributed by atoms with Crippen LogP contribution in [0.1, 0.15) is 23.8 Å². The van der Waals surface area contributed by atoms with Crippen molar-refractivity contribution in [3.05, 3.63) is 71.9 Å². The van der Waals surface area contributed by atoms with Crippen molar-refractivity contribution in [2.75, 3.05) is 0 Å². The lowest BCUT2D eigenvalue weighted by atomic mass is 10.1. The molecular weight excluding hydrogens is 321 g/mol. The Kier molecular flexibility index (Phi) is 4.01. The Labute approximate surface area is 143 Å². The predicted octanol–water partition coefficient (Wildman–Crippen LogP) is 3.30. The summed E-state index contributed by atoms with van der Waals surface area (Å²) in [6.45, 7) is 0.186. The first-order valence-electron chi connectivity index (χ1n) is 8.12. The zero-order chi connectivity index (χ0) is 17.2. The quantitative estimate of drug-likeness (QED) is 0.776. The van der Waals surface area contributed by atoms with Gasteiger partial charge in [-0.05, 0) is 42.2 Å². The van der Waals surface area contributed by atoms with Crippen LogP contribution in [0.4, 0.5) is 4.39 Å². The van der Waals surface area contributed by atoms with Crippen LogP contribution in [0.2, 0.25) is 0 Å². The molecule has 2 atom stereocenters. The summed E-state index contributed by atoms with van der Waals surface area (Å²) in [6, 6.07) is 15.9. The molecule has 2 unspecified atom stereocenters. The van der Waals surface area contributed by atoms with E-state index in [9.17, 15) is 9.18 Å². The SMILES string of the molecule is O=C(NCc1nc(-c2ccc(F)cc2)no1)C1CC1c1ccccc1. The first kappa shape index (κ1) is 15.5. The predicted molar refractivity (Wildman–Crippen MR) is 88.8 cm³/mol. The number of nitrogens with one attached hydrogen (secondary N) is 1. The second-order valence-corrected chi connectivity index (χ2v) is 6.10. The molecule has 1 heterocycles. The Balaban J connectivity index is 1.33. The lowest BCUT2D eigenvalue weighted by Gasteiger charge is -2.02. The third-order valence-electron chi connectivity index (χ3n) is 4.34. The highest BCUT2D eigenvalue weighted by molar-refractivity contribution is 5.82. The number of benzene rings is 2. The number of amides is 1. The maximum atomic E-state index is 12.9. The minimum absolute atomic E-state index is 0.00175.